The highest BCUT2D eigenvalue weighted by Gasteiger charge is 2.21. The van der Waals surface area contributed by atoms with E-state index in [1.807, 2.05) is 24.3 Å². The van der Waals surface area contributed by atoms with Gasteiger partial charge < -0.3 is 10.5 Å². The zero-order chi connectivity index (χ0) is 13.7. The molecule has 1 saturated heterocycles. The summed E-state index contributed by atoms with van der Waals surface area (Å²) < 4.78 is 0. The summed E-state index contributed by atoms with van der Waals surface area (Å²) in [7, 11) is 0. The summed E-state index contributed by atoms with van der Waals surface area (Å²) in [6.45, 7) is 1.73. The van der Waals surface area contributed by atoms with Crippen LogP contribution in [0.3, 0.4) is 0 Å². The molecular formula is C14H18N2O2S. The summed E-state index contributed by atoms with van der Waals surface area (Å²) in [6.07, 6.45) is 3.31. The first-order valence-corrected chi connectivity index (χ1v) is 7.47. The number of benzene rings is 1. The van der Waals surface area contributed by atoms with Gasteiger partial charge in [-0.3, -0.25) is 4.79 Å². The second-order valence-electron chi connectivity index (χ2n) is 4.61. The first-order chi connectivity index (χ1) is 9.20. The van der Waals surface area contributed by atoms with Crippen LogP contribution in [0.5, 0.6) is 0 Å². The minimum absolute atomic E-state index is 0.0779. The fourth-order valence-corrected chi connectivity index (χ4v) is 3.22. The summed E-state index contributed by atoms with van der Waals surface area (Å²) in [6, 6.07) is 7.32. The number of nitrogens with one attached hydrogen (secondary N) is 1. The van der Waals surface area contributed by atoms with E-state index in [9.17, 15) is 4.79 Å². The molecule has 0 saturated carbocycles. The molecule has 1 atom stereocenters. The summed E-state index contributed by atoms with van der Waals surface area (Å²) in [5, 5.41) is 14.8. The molecule has 1 heterocycles. The van der Waals surface area contributed by atoms with E-state index >= 15 is 0 Å². The van der Waals surface area contributed by atoms with Gasteiger partial charge in [-0.05, 0) is 43.2 Å². The van der Waals surface area contributed by atoms with Gasteiger partial charge >= 0.3 is 0 Å². The van der Waals surface area contributed by atoms with Gasteiger partial charge in [-0.1, -0.05) is 23.7 Å². The van der Waals surface area contributed by atoms with Crippen LogP contribution in [-0.2, 0) is 4.79 Å². The highest BCUT2D eigenvalue weighted by atomic mass is 32.2. The topological polar surface area (TPSA) is 61.7 Å². The van der Waals surface area contributed by atoms with Crippen molar-refractivity contribution in [2.24, 2.45) is 5.16 Å². The van der Waals surface area contributed by atoms with Crippen LogP contribution in [0.4, 0.5) is 5.69 Å². The second-order valence-corrected chi connectivity index (χ2v) is 5.92. The third kappa shape index (κ3) is 3.73. The molecule has 19 heavy (non-hydrogen) atoms. The molecule has 1 aliphatic heterocycles. The van der Waals surface area contributed by atoms with Crippen LogP contribution in [0, 0.1) is 0 Å². The molecule has 0 radical (unpaired) electrons. The first kappa shape index (κ1) is 13.9. The molecule has 2 N–H and O–H groups in total. The van der Waals surface area contributed by atoms with E-state index in [1.54, 1.807) is 18.7 Å². The monoisotopic (exact) mass is 278 g/mol. The number of rotatable bonds is 3. The van der Waals surface area contributed by atoms with Gasteiger partial charge in [0.1, 0.15) is 0 Å². The van der Waals surface area contributed by atoms with Crippen LogP contribution >= 0.6 is 11.8 Å². The summed E-state index contributed by atoms with van der Waals surface area (Å²) in [5.74, 6) is 1.16. The Bertz CT molecular complexity index is 465. The lowest BCUT2D eigenvalue weighted by Crippen LogP contribution is -2.27. The van der Waals surface area contributed by atoms with Gasteiger partial charge in [0.2, 0.25) is 5.91 Å². The van der Waals surface area contributed by atoms with Crippen molar-refractivity contribution in [2.45, 2.75) is 31.4 Å². The predicted molar refractivity (Wildman–Crippen MR) is 79.2 cm³/mol. The SMILES string of the molecule is C/C(=N/O)c1ccc(NC(=O)C2CCCCS2)cc1. The maximum absolute atomic E-state index is 12.0. The van der Waals surface area contributed by atoms with Gasteiger partial charge in [-0.25, -0.2) is 0 Å². The van der Waals surface area contributed by atoms with Crippen molar-refractivity contribution in [3.05, 3.63) is 29.8 Å². The van der Waals surface area contributed by atoms with Crippen molar-refractivity contribution in [2.75, 3.05) is 11.1 Å². The average Bonchev–Trinajstić information content (AvgIpc) is 2.48. The van der Waals surface area contributed by atoms with Crippen molar-refractivity contribution in [3.8, 4) is 0 Å². The molecule has 0 aromatic heterocycles. The number of anilines is 1. The van der Waals surface area contributed by atoms with Crippen LogP contribution in [0.15, 0.2) is 29.4 Å². The molecule has 1 aromatic carbocycles. The number of thioether (sulfide) groups is 1. The Morgan fingerprint density at radius 1 is 1.37 bits per heavy atom. The van der Waals surface area contributed by atoms with Crippen molar-refractivity contribution in [1.82, 2.24) is 0 Å². The molecule has 102 valence electrons. The molecule has 2 rings (SSSR count). The Hall–Kier alpha value is -1.49. The van der Waals surface area contributed by atoms with Crippen LogP contribution < -0.4 is 5.32 Å². The highest BCUT2D eigenvalue weighted by Crippen LogP contribution is 2.26. The Balaban J connectivity index is 1.97. The third-order valence-corrected chi connectivity index (χ3v) is 4.57. The van der Waals surface area contributed by atoms with Gasteiger partial charge in [-0.15, -0.1) is 11.8 Å². The van der Waals surface area contributed by atoms with Gasteiger partial charge in [0.05, 0.1) is 11.0 Å². The highest BCUT2D eigenvalue weighted by molar-refractivity contribution is 8.00. The number of hydrogen-bond acceptors (Lipinski definition) is 4. The lowest BCUT2D eigenvalue weighted by molar-refractivity contribution is -0.115. The zero-order valence-electron chi connectivity index (χ0n) is 10.9. The Morgan fingerprint density at radius 2 is 2.11 bits per heavy atom. The van der Waals surface area contributed by atoms with Crippen molar-refractivity contribution in [3.63, 3.8) is 0 Å². The molecular weight excluding hydrogens is 260 g/mol. The standard InChI is InChI=1S/C14H18N2O2S/c1-10(16-18)11-5-7-12(8-6-11)15-14(17)13-4-2-3-9-19-13/h5-8,13,18H,2-4,9H2,1H3,(H,15,17)/b16-10-. The number of amides is 1. The van der Waals surface area contributed by atoms with Gasteiger partial charge in [0.15, 0.2) is 0 Å². The fourth-order valence-electron chi connectivity index (χ4n) is 2.02. The van der Waals surface area contributed by atoms with E-state index in [0.29, 0.717) is 5.71 Å². The Labute approximate surface area is 117 Å². The van der Waals surface area contributed by atoms with E-state index in [1.165, 1.54) is 6.42 Å². The van der Waals surface area contributed by atoms with E-state index < -0.39 is 0 Å². The number of oxime groups is 1. The largest absolute Gasteiger partial charge is 0.411 e. The maximum atomic E-state index is 12.0. The predicted octanol–water partition coefficient (Wildman–Crippen LogP) is 3.11. The number of hydrogen-bond donors (Lipinski definition) is 2. The number of carbonyl (C=O) groups is 1. The van der Waals surface area contributed by atoms with E-state index in [-0.39, 0.29) is 11.2 Å². The van der Waals surface area contributed by atoms with Crippen molar-refractivity contribution < 1.29 is 10.0 Å². The Morgan fingerprint density at radius 3 is 2.68 bits per heavy atom. The average molecular weight is 278 g/mol. The third-order valence-electron chi connectivity index (χ3n) is 3.19. The summed E-state index contributed by atoms with van der Waals surface area (Å²) >= 11 is 1.74. The van der Waals surface area contributed by atoms with E-state index in [2.05, 4.69) is 10.5 Å². The van der Waals surface area contributed by atoms with Gasteiger partial charge in [0.25, 0.3) is 0 Å². The summed E-state index contributed by atoms with van der Waals surface area (Å²) in [4.78, 5) is 12.0. The van der Waals surface area contributed by atoms with Gasteiger partial charge in [-0.2, -0.15) is 0 Å². The lowest BCUT2D eigenvalue weighted by atomic mass is 10.1. The van der Waals surface area contributed by atoms with Crippen LogP contribution in [0.25, 0.3) is 0 Å². The molecule has 4 nitrogen and oxygen atoms in total. The normalized spacial score (nSPS) is 20.1. The minimum Gasteiger partial charge on any atom is -0.411 e. The molecule has 1 amide bonds. The van der Waals surface area contributed by atoms with Crippen molar-refractivity contribution >= 4 is 29.1 Å². The molecule has 1 fully saturated rings. The van der Waals surface area contributed by atoms with Crippen LogP contribution in [0.2, 0.25) is 0 Å². The summed E-state index contributed by atoms with van der Waals surface area (Å²) in [5.41, 5.74) is 2.18. The lowest BCUT2D eigenvalue weighted by Gasteiger charge is -2.20. The molecule has 0 aliphatic carbocycles. The smallest absolute Gasteiger partial charge is 0.237 e. The molecule has 1 aromatic rings. The molecule has 5 heteroatoms. The Kier molecular flexibility index (Phi) is 4.85. The quantitative estimate of drug-likeness (QED) is 0.507. The maximum Gasteiger partial charge on any atom is 0.237 e. The fraction of sp³-hybridized carbons (Fsp3) is 0.429. The molecule has 0 spiro atoms. The van der Waals surface area contributed by atoms with Crippen LogP contribution in [-0.4, -0.2) is 27.8 Å². The minimum atomic E-state index is 0.0779. The first-order valence-electron chi connectivity index (χ1n) is 6.42. The second kappa shape index (κ2) is 6.61. The van der Waals surface area contributed by atoms with Gasteiger partial charge in [0, 0.05) is 5.69 Å². The molecule has 1 unspecified atom stereocenters. The van der Waals surface area contributed by atoms with Crippen LogP contribution in [0.1, 0.15) is 31.7 Å². The zero-order valence-corrected chi connectivity index (χ0v) is 11.7. The van der Waals surface area contributed by atoms with Crippen molar-refractivity contribution in [1.29, 1.82) is 0 Å². The van der Waals surface area contributed by atoms with E-state index in [4.69, 9.17) is 5.21 Å². The molecule has 0 bridgehead atoms. The number of nitrogens with zero attached hydrogens (tertiary/aromatic N) is 1. The molecule has 1 aliphatic rings. The number of carbonyl (C=O) groups excluding carboxylic acids is 1. The van der Waals surface area contributed by atoms with E-state index in [0.717, 1.165) is 29.8 Å².